The van der Waals surface area contributed by atoms with Crippen molar-refractivity contribution in [2.24, 2.45) is 0 Å². The average molecular weight is 434 g/mol. The van der Waals surface area contributed by atoms with Crippen LogP contribution < -0.4 is 15.4 Å². The SMILES string of the molecule is CC(C)Oc1cc(C(=N)c2cc(N3CCCN(S(C)(=O)=O)CC3)ncn2)c(N)cn1. The van der Waals surface area contributed by atoms with Crippen LogP contribution in [0.5, 0.6) is 5.88 Å². The zero-order chi connectivity index (χ0) is 21.9. The van der Waals surface area contributed by atoms with E-state index in [9.17, 15) is 8.42 Å². The highest BCUT2D eigenvalue weighted by molar-refractivity contribution is 7.88. The number of anilines is 2. The number of ether oxygens (including phenoxy) is 1. The zero-order valence-corrected chi connectivity index (χ0v) is 18.2. The molecule has 0 unspecified atom stereocenters. The molecule has 11 heteroatoms. The molecule has 0 radical (unpaired) electrons. The standard InChI is InChI=1S/C19H27N7O3S/c1-13(2)29-18-9-14(15(20)11-22-18)19(21)16-10-17(24-12-23-16)25-5-4-6-26(8-7-25)30(3,27)28/h9-13,21H,4-8,20H2,1-3H3. The molecule has 0 saturated carbocycles. The minimum atomic E-state index is -3.22. The molecule has 0 spiro atoms. The molecule has 2 aromatic heterocycles. The summed E-state index contributed by atoms with van der Waals surface area (Å²) in [5.41, 5.74) is 7.43. The van der Waals surface area contributed by atoms with E-state index in [-0.39, 0.29) is 11.8 Å². The highest BCUT2D eigenvalue weighted by Crippen LogP contribution is 2.22. The summed E-state index contributed by atoms with van der Waals surface area (Å²) in [5, 5.41) is 8.60. The summed E-state index contributed by atoms with van der Waals surface area (Å²) < 4.78 is 30.8. The summed E-state index contributed by atoms with van der Waals surface area (Å²) in [4.78, 5) is 14.7. The number of pyridine rings is 1. The molecule has 30 heavy (non-hydrogen) atoms. The molecule has 0 aromatic carbocycles. The third kappa shape index (κ3) is 5.22. The van der Waals surface area contributed by atoms with Crippen molar-refractivity contribution in [3.63, 3.8) is 0 Å². The number of nitrogens with zero attached hydrogens (tertiary/aromatic N) is 5. The molecule has 2 aromatic rings. The molecule has 0 aliphatic carbocycles. The predicted molar refractivity (Wildman–Crippen MR) is 116 cm³/mol. The van der Waals surface area contributed by atoms with Gasteiger partial charge in [-0.1, -0.05) is 0 Å². The maximum Gasteiger partial charge on any atom is 0.214 e. The maximum absolute atomic E-state index is 11.8. The van der Waals surface area contributed by atoms with Gasteiger partial charge in [0.05, 0.1) is 35.6 Å². The fourth-order valence-electron chi connectivity index (χ4n) is 3.22. The molecule has 1 saturated heterocycles. The van der Waals surface area contributed by atoms with Crippen molar-refractivity contribution in [2.45, 2.75) is 26.4 Å². The van der Waals surface area contributed by atoms with Crippen LogP contribution in [0.4, 0.5) is 11.5 Å². The Hall–Kier alpha value is -2.79. The molecule has 1 fully saturated rings. The average Bonchev–Trinajstić information content (AvgIpc) is 2.95. The first-order valence-electron chi connectivity index (χ1n) is 9.68. The highest BCUT2D eigenvalue weighted by Gasteiger charge is 2.22. The molecule has 1 aliphatic heterocycles. The van der Waals surface area contributed by atoms with Gasteiger partial charge in [0.2, 0.25) is 15.9 Å². The van der Waals surface area contributed by atoms with Gasteiger partial charge < -0.3 is 15.4 Å². The zero-order valence-electron chi connectivity index (χ0n) is 17.4. The molecule has 162 valence electrons. The highest BCUT2D eigenvalue weighted by atomic mass is 32.2. The number of sulfonamides is 1. The summed E-state index contributed by atoms with van der Waals surface area (Å²) >= 11 is 0. The van der Waals surface area contributed by atoms with Gasteiger partial charge in [0, 0.05) is 43.9 Å². The Morgan fingerprint density at radius 1 is 1.17 bits per heavy atom. The number of nitrogens with one attached hydrogen (secondary N) is 1. The fraction of sp³-hybridized carbons (Fsp3) is 0.474. The molecule has 3 rings (SSSR count). The van der Waals surface area contributed by atoms with Gasteiger partial charge in [-0.15, -0.1) is 0 Å². The van der Waals surface area contributed by atoms with Gasteiger partial charge in [0.1, 0.15) is 12.1 Å². The fourth-order valence-corrected chi connectivity index (χ4v) is 4.09. The third-order valence-corrected chi connectivity index (χ3v) is 6.00. The Bertz CT molecular complexity index is 1030. The van der Waals surface area contributed by atoms with Crippen molar-refractivity contribution in [3.05, 3.63) is 35.9 Å². The molecular formula is C19H27N7O3S. The summed E-state index contributed by atoms with van der Waals surface area (Å²) in [5.74, 6) is 1.04. The van der Waals surface area contributed by atoms with E-state index in [0.717, 1.165) is 0 Å². The smallest absolute Gasteiger partial charge is 0.214 e. The Labute approximate surface area is 176 Å². The van der Waals surface area contributed by atoms with Crippen LogP contribution in [0.2, 0.25) is 0 Å². The number of nitrogens with two attached hydrogens (primary N) is 1. The van der Waals surface area contributed by atoms with Gasteiger partial charge in [-0.25, -0.2) is 27.7 Å². The molecule has 1 aliphatic rings. The molecule has 3 N–H and O–H groups in total. The summed E-state index contributed by atoms with van der Waals surface area (Å²) in [6.07, 6.45) is 4.74. The summed E-state index contributed by atoms with van der Waals surface area (Å²) in [6, 6.07) is 3.36. The second-order valence-corrected chi connectivity index (χ2v) is 9.40. The number of rotatable bonds is 6. The molecule has 10 nitrogen and oxygen atoms in total. The minimum Gasteiger partial charge on any atom is -0.475 e. The third-order valence-electron chi connectivity index (χ3n) is 4.69. The lowest BCUT2D eigenvalue weighted by molar-refractivity contribution is 0.232. The number of nitrogen functional groups attached to an aromatic ring is 1. The Kier molecular flexibility index (Phi) is 6.52. The van der Waals surface area contributed by atoms with Crippen LogP contribution in [-0.2, 0) is 10.0 Å². The number of aromatic nitrogens is 3. The normalized spacial score (nSPS) is 15.8. The van der Waals surface area contributed by atoms with E-state index in [1.165, 1.54) is 23.1 Å². The quantitative estimate of drug-likeness (QED) is 0.647. The van der Waals surface area contributed by atoms with Crippen LogP contribution in [-0.4, -0.2) is 71.9 Å². The van der Waals surface area contributed by atoms with E-state index in [1.54, 1.807) is 12.1 Å². The van der Waals surface area contributed by atoms with E-state index in [0.29, 0.717) is 61.2 Å². The largest absolute Gasteiger partial charge is 0.475 e. The van der Waals surface area contributed by atoms with Gasteiger partial charge in [0.15, 0.2) is 0 Å². The molecular weight excluding hydrogens is 406 g/mol. The Morgan fingerprint density at radius 3 is 2.63 bits per heavy atom. The molecule has 0 bridgehead atoms. The first-order chi connectivity index (χ1) is 14.1. The van der Waals surface area contributed by atoms with Crippen LogP contribution in [0.25, 0.3) is 0 Å². The van der Waals surface area contributed by atoms with E-state index in [1.807, 2.05) is 18.7 Å². The number of hydrogen-bond donors (Lipinski definition) is 2. The van der Waals surface area contributed by atoms with Gasteiger partial charge in [0.25, 0.3) is 0 Å². The second kappa shape index (κ2) is 8.92. The first-order valence-corrected chi connectivity index (χ1v) is 11.5. The van der Waals surface area contributed by atoms with Crippen LogP contribution in [0.1, 0.15) is 31.5 Å². The monoisotopic (exact) mass is 433 g/mol. The molecule has 3 heterocycles. The predicted octanol–water partition coefficient (Wildman–Crippen LogP) is 1.13. The van der Waals surface area contributed by atoms with Crippen LogP contribution in [0.15, 0.2) is 24.7 Å². The molecule has 0 amide bonds. The van der Waals surface area contributed by atoms with Crippen LogP contribution >= 0.6 is 0 Å². The lowest BCUT2D eigenvalue weighted by Gasteiger charge is -2.22. The van der Waals surface area contributed by atoms with Gasteiger partial charge in [-0.05, 0) is 20.3 Å². The second-order valence-electron chi connectivity index (χ2n) is 7.42. The van der Waals surface area contributed by atoms with E-state index >= 15 is 0 Å². The van der Waals surface area contributed by atoms with E-state index in [2.05, 4.69) is 15.0 Å². The van der Waals surface area contributed by atoms with Crippen LogP contribution in [0.3, 0.4) is 0 Å². The summed E-state index contributed by atoms with van der Waals surface area (Å²) in [6.45, 7) is 5.84. The van der Waals surface area contributed by atoms with Crippen molar-refractivity contribution in [1.29, 1.82) is 5.41 Å². The lowest BCUT2D eigenvalue weighted by atomic mass is 10.1. The topological polar surface area (TPSA) is 138 Å². The van der Waals surface area contributed by atoms with Crippen molar-refractivity contribution < 1.29 is 13.2 Å². The Morgan fingerprint density at radius 2 is 1.93 bits per heavy atom. The van der Waals surface area contributed by atoms with Crippen molar-refractivity contribution in [1.82, 2.24) is 19.3 Å². The minimum absolute atomic E-state index is 0.0525. The van der Waals surface area contributed by atoms with Crippen molar-refractivity contribution in [2.75, 3.05) is 43.1 Å². The number of hydrogen-bond acceptors (Lipinski definition) is 9. The van der Waals surface area contributed by atoms with Gasteiger partial charge in [-0.2, -0.15) is 0 Å². The van der Waals surface area contributed by atoms with Crippen molar-refractivity contribution in [3.8, 4) is 5.88 Å². The lowest BCUT2D eigenvalue weighted by Crippen LogP contribution is -2.34. The van der Waals surface area contributed by atoms with Gasteiger partial charge in [-0.3, -0.25) is 5.41 Å². The van der Waals surface area contributed by atoms with Gasteiger partial charge >= 0.3 is 0 Å². The van der Waals surface area contributed by atoms with E-state index in [4.69, 9.17) is 15.9 Å². The van der Waals surface area contributed by atoms with Crippen LogP contribution in [0, 0.1) is 5.41 Å². The Balaban J connectivity index is 1.83. The maximum atomic E-state index is 11.8. The first kappa shape index (κ1) is 21.9. The summed E-state index contributed by atoms with van der Waals surface area (Å²) in [7, 11) is -3.22. The molecule has 0 atom stereocenters. The van der Waals surface area contributed by atoms with Crippen molar-refractivity contribution >= 4 is 27.2 Å². The van der Waals surface area contributed by atoms with E-state index < -0.39 is 10.0 Å².